The zero-order valence-electron chi connectivity index (χ0n) is 16.8. The maximum absolute atomic E-state index is 13.2. The largest absolute Gasteiger partial charge is 0.355 e. The first-order valence-corrected chi connectivity index (χ1v) is 10.1. The van der Waals surface area contributed by atoms with Crippen molar-refractivity contribution in [1.82, 2.24) is 10.2 Å². The lowest BCUT2D eigenvalue weighted by Gasteiger charge is -2.30. The van der Waals surface area contributed by atoms with Gasteiger partial charge in [0.2, 0.25) is 0 Å². The Morgan fingerprint density at radius 2 is 1.70 bits per heavy atom. The van der Waals surface area contributed by atoms with Crippen LogP contribution in [0.25, 0.3) is 11.3 Å². The van der Waals surface area contributed by atoms with E-state index in [0.717, 1.165) is 36.1 Å². The van der Waals surface area contributed by atoms with Crippen LogP contribution in [0.15, 0.2) is 60.7 Å². The number of nitrogens with zero attached hydrogens (tertiary/aromatic N) is 3. The Hall–Kier alpha value is -3.48. The van der Waals surface area contributed by atoms with E-state index >= 15 is 0 Å². The molecule has 154 valence electrons. The Balaban J connectivity index is 1.36. The van der Waals surface area contributed by atoms with Gasteiger partial charge in [-0.2, -0.15) is 0 Å². The predicted octanol–water partition coefficient (Wildman–Crippen LogP) is 5.16. The first-order chi connectivity index (χ1) is 14.6. The van der Waals surface area contributed by atoms with Crippen molar-refractivity contribution in [1.29, 1.82) is 0 Å². The lowest BCUT2D eigenvalue weighted by molar-refractivity contribution is 0.262. The number of hydrogen-bond donors (Lipinski definition) is 2. The normalized spacial score (nSPS) is 14.4. The van der Waals surface area contributed by atoms with Crippen LogP contribution in [-0.2, 0) is 0 Å². The van der Waals surface area contributed by atoms with Gasteiger partial charge in [-0.15, -0.1) is 10.2 Å². The third-order valence-corrected chi connectivity index (χ3v) is 5.28. The van der Waals surface area contributed by atoms with Gasteiger partial charge in [0.05, 0.1) is 5.69 Å². The summed E-state index contributed by atoms with van der Waals surface area (Å²) in [7, 11) is 0. The molecule has 1 fully saturated rings. The van der Waals surface area contributed by atoms with Gasteiger partial charge in [-0.25, -0.2) is 9.18 Å². The van der Waals surface area contributed by atoms with E-state index in [1.807, 2.05) is 24.3 Å². The van der Waals surface area contributed by atoms with Gasteiger partial charge in [-0.3, -0.25) is 0 Å². The van der Waals surface area contributed by atoms with Crippen LogP contribution in [0.1, 0.15) is 19.8 Å². The van der Waals surface area contributed by atoms with E-state index in [4.69, 9.17) is 0 Å². The summed E-state index contributed by atoms with van der Waals surface area (Å²) in [6.07, 6.45) is 2.37. The van der Waals surface area contributed by atoms with E-state index in [1.54, 1.807) is 18.2 Å². The summed E-state index contributed by atoms with van der Waals surface area (Å²) >= 11 is 0. The molecule has 4 rings (SSSR count). The van der Waals surface area contributed by atoms with Crippen molar-refractivity contribution < 1.29 is 9.18 Å². The maximum atomic E-state index is 13.2. The molecule has 7 heteroatoms. The topological polar surface area (TPSA) is 70.2 Å². The van der Waals surface area contributed by atoms with Gasteiger partial charge in [-0.1, -0.05) is 25.1 Å². The molecule has 0 bridgehead atoms. The van der Waals surface area contributed by atoms with E-state index in [2.05, 4.69) is 32.7 Å². The highest BCUT2D eigenvalue weighted by Crippen LogP contribution is 2.24. The molecule has 0 atom stereocenters. The summed E-state index contributed by atoms with van der Waals surface area (Å²) in [5.74, 6) is 1.29. The monoisotopic (exact) mass is 405 g/mol. The van der Waals surface area contributed by atoms with Gasteiger partial charge in [0.1, 0.15) is 5.82 Å². The second-order valence-electron chi connectivity index (χ2n) is 7.61. The Morgan fingerprint density at radius 1 is 0.967 bits per heavy atom. The summed E-state index contributed by atoms with van der Waals surface area (Å²) in [5, 5.41) is 14.1. The molecule has 3 aromatic rings. The quantitative estimate of drug-likeness (QED) is 0.629. The Kier molecular flexibility index (Phi) is 5.88. The lowest BCUT2D eigenvalue weighted by atomic mass is 9.99. The standard InChI is InChI=1S/C23H24FN5O/c1-16-11-13-29(14-12-16)22-10-9-21(27-28-22)17-5-7-19(8-6-17)25-23(30)26-20-4-2-3-18(24)15-20/h2-10,15-16H,11-14H2,1H3,(H2,25,26,30). The van der Waals surface area contributed by atoms with Crippen LogP contribution in [-0.4, -0.2) is 29.3 Å². The van der Waals surface area contributed by atoms with Crippen molar-refractivity contribution in [2.45, 2.75) is 19.8 Å². The molecule has 0 aliphatic carbocycles. The molecule has 0 radical (unpaired) electrons. The fraction of sp³-hybridized carbons (Fsp3) is 0.261. The van der Waals surface area contributed by atoms with Gasteiger partial charge in [-0.05, 0) is 61.2 Å². The molecule has 0 spiro atoms. The highest BCUT2D eigenvalue weighted by molar-refractivity contribution is 5.99. The number of nitrogens with one attached hydrogen (secondary N) is 2. The average molecular weight is 405 g/mol. The van der Waals surface area contributed by atoms with Crippen molar-refractivity contribution in [2.24, 2.45) is 5.92 Å². The molecule has 2 N–H and O–H groups in total. The van der Waals surface area contributed by atoms with E-state index < -0.39 is 11.8 Å². The third kappa shape index (κ3) is 4.92. The molecule has 2 amide bonds. The summed E-state index contributed by atoms with van der Waals surface area (Å²) in [6.45, 7) is 4.33. The molecule has 1 aliphatic rings. The zero-order valence-corrected chi connectivity index (χ0v) is 16.8. The van der Waals surface area contributed by atoms with E-state index in [1.165, 1.54) is 31.0 Å². The number of amides is 2. The van der Waals surface area contributed by atoms with Crippen molar-refractivity contribution in [3.8, 4) is 11.3 Å². The van der Waals surface area contributed by atoms with Gasteiger partial charge < -0.3 is 15.5 Å². The number of hydrogen-bond acceptors (Lipinski definition) is 4. The van der Waals surface area contributed by atoms with Crippen LogP contribution in [0.2, 0.25) is 0 Å². The summed E-state index contributed by atoms with van der Waals surface area (Å²) in [5.41, 5.74) is 2.71. The number of carbonyl (C=O) groups excluding carboxylic acids is 1. The predicted molar refractivity (Wildman–Crippen MR) is 117 cm³/mol. The van der Waals surface area contributed by atoms with Crippen LogP contribution >= 0.6 is 0 Å². The summed E-state index contributed by atoms with van der Waals surface area (Å²) in [6, 6.07) is 16.6. The van der Waals surface area contributed by atoms with Crippen LogP contribution in [0.3, 0.4) is 0 Å². The third-order valence-electron chi connectivity index (χ3n) is 5.28. The van der Waals surface area contributed by atoms with E-state index in [0.29, 0.717) is 11.4 Å². The molecule has 1 saturated heterocycles. The smallest absolute Gasteiger partial charge is 0.323 e. The zero-order chi connectivity index (χ0) is 20.9. The number of halogens is 1. The Morgan fingerprint density at radius 3 is 2.37 bits per heavy atom. The summed E-state index contributed by atoms with van der Waals surface area (Å²) < 4.78 is 13.2. The highest BCUT2D eigenvalue weighted by Gasteiger charge is 2.17. The van der Waals surface area contributed by atoms with Crippen LogP contribution in [0, 0.1) is 11.7 Å². The van der Waals surface area contributed by atoms with Crippen molar-refractivity contribution >= 4 is 23.2 Å². The Bertz CT molecular complexity index is 999. The number of benzene rings is 2. The minimum Gasteiger partial charge on any atom is -0.355 e. The minimum atomic E-state index is -0.437. The first kappa shape index (κ1) is 19.8. The average Bonchev–Trinajstić information content (AvgIpc) is 2.75. The van der Waals surface area contributed by atoms with Gasteiger partial charge in [0, 0.05) is 30.0 Å². The number of anilines is 3. The number of rotatable bonds is 4. The molecule has 0 unspecified atom stereocenters. The maximum Gasteiger partial charge on any atom is 0.323 e. The molecule has 1 aromatic heterocycles. The minimum absolute atomic E-state index is 0.391. The molecular formula is C23H24FN5O. The lowest BCUT2D eigenvalue weighted by Crippen LogP contribution is -2.33. The number of piperidine rings is 1. The molecule has 2 aromatic carbocycles. The van der Waals surface area contributed by atoms with Crippen molar-refractivity contribution in [2.75, 3.05) is 28.6 Å². The number of urea groups is 1. The van der Waals surface area contributed by atoms with E-state index in [9.17, 15) is 9.18 Å². The molecule has 2 heterocycles. The van der Waals surface area contributed by atoms with E-state index in [-0.39, 0.29) is 0 Å². The number of carbonyl (C=O) groups is 1. The molecule has 6 nitrogen and oxygen atoms in total. The second kappa shape index (κ2) is 8.90. The highest BCUT2D eigenvalue weighted by atomic mass is 19.1. The fourth-order valence-electron chi connectivity index (χ4n) is 3.47. The number of aromatic nitrogens is 2. The van der Waals surface area contributed by atoms with Gasteiger partial charge >= 0.3 is 6.03 Å². The fourth-order valence-corrected chi connectivity index (χ4v) is 3.47. The summed E-state index contributed by atoms with van der Waals surface area (Å²) in [4.78, 5) is 14.4. The van der Waals surface area contributed by atoms with Crippen LogP contribution < -0.4 is 15.5 Å². The van der Waals surface area contributed by atoms with Crippen LogP contribution in [0.5, 0.6) is 0 Å². The molecule has 30 heavy (non-hydrogen) atoms. The van der Waals surface area contributed by atoms with Gasteiger partial charge in [0.15, 0.2) is 5.82 Å². The van der Waals surface area contributed by atoms with Crippen molar-refractivity contribution in [3.05, 3.63) is 66.5 Å². The molecule has 1 aliphatic heterocycles. The van der Waals surface area contributed by atoms with Crippen molar-refractivity contribution in [3.63, 3.8) is 0 Å². The SMILES string of the molecule is CC1CCN(c2ccc(-c3ccc(NC(=O)Nc4cccc(F)c4)cc3)nn2)CC1. The molecular weight excluding hydrogens is 381 g/mol. The molecule has 0 saturated carbocycles. The second-order valence-corrected chi connectivity index (χ2v) is 7.61. The van der Waals surface area contributed by atoms with Gasteiger partial charge in [0.25, 0.3) is 0 Å². The van der Waals surface area contributed by atoms with Crippen LogP contribution in [0.4, 0.5) is 26.4 Å². The Labute approximate surface area is 175 Å². The first-order valence-electron chi connectivity index (χ1n) is 10.1.